The number of hydrogen-bond acceptors (Lipinski definition) is 3. The summed E-state index contributed by atoms with van der Waals surface area (Å²) < 4.78 is 0. The predicted octanol–water partition coefficient (Wildman–Crippen LogP) is 2.15. The molecule has 21 heavy (non-hydrogen) atoms. The van der Waals surface area contributed by atoms with Crippen LogP contribution < -0.4 is 10.6 Å². The summed E-state index contributed by atoms with van der Waals surface area (Å²) in [5.74, 6) is 0. The first-order valence-electron chi connectivity index (χ1n) is 7.70. The van der Waals surface area contributed by atoms with E-state index in [1.165, 1.54) is 19.3 Å². The number of aromatic nitrogens is 1. The fourth-order valence-corrected chi connectivity index (χ4v) is 2.98. The summed E-state index contributed by atoms with van der Waals surface area (Å²) in [6, 6.07) is 3.71. The molecular formula is C16H26N4O. The van der Waals surface area contributed by atoms with E-state index in [9.17, 15) is 4.79 Å². The topological polar surface area (TPSA) is 57.3 Å². The lowest BCUT2D eigenvalue weighted by Crippen LogP contribution is -2.55. The summed E-state index contributed by atoms with van der Waals surface area (Å²) in [4.78, 5) is 18.2. The van der Waals surface area contributed by atoms with Gasteiger partial charge in [0.2, 0.25) is 0 Å². The molecule has 1 aromatic heterocycles. The van der Waals surface area contributed by atoms with Crippen LogP contribution in [0.4, 0.5) is 4.79 Å². The van der Waals surface area contributed by atoms with Gasteiger partial charge < -0.3 is 15.5 Å². The normalized spacial score (nSPS) is 17.5. The first-order chi connectivity index (χ1) is 10.1. The van der Waals surface area contributed by atoms with Crippen molar-refractivity contribution in [1.82, 2.24) is 20.5 Å². The molecule has 0 bridgehead atoms. The Morgan fingerprint density at radius 1 is 1.19 bits per heavy atom. The number of amides is 2. The number of pyridine rings is 1. The molecule has 116 valence electrons. The fraction of sp³-hybridized carbons (Fsp3) is 0.625. The highest BCUT2D eigenvalue weighted by atomic mass is 16.2. The number of rotatable bonds is 5. The molecule has 2 rings (SSSR count). The number of nitrogens with zero attached hydrogens (tertiary/aromatic N) is 2. The second-order valence-corrected chi connectivity index (χ2v) is 6.07. The summed E-state index contributed by atoms with van der Waals surface area (Å²) in [7, 11) is 4.23. The van der Waals surface area contributed by atoms with E-state index < -0.39 is 0 Å². The summed E-state index contributed by atoms with van der Waals surface area (Å²) in [5, 5.41) is 5.94. The van der Waals surface area contributed by atoms with Crippen molar-refractivity contribution in [3.05, 3.63) is 30.1 Å². The molecule has 1 heterocycles. The first kappa shape index (κ1) is 15.8. The van der Waals surface area contributed by atoms with Crippen molar-refractivity contribution in [2.75, 3.05) is 20.6 Å². The molecule has 0 spiro atoms. The van der Waals surface area contributed by atoms with Gasteiger partial charge in [0.15, 0.2) is 0 Å². The van der Waals surface area contributed by atoms with Gasteiger partial charge in [-0.15, -0.1) is 0 Å². The van der Waals surface area contributed by atoms with Crippen LogP contribution in [0.25, 0.3) is 0 Å². The van der Waals surface area contributed by atoms with Crippen LogP contribution in [0.1, 0.15) is 37.7 Å². The minimum Gasteiger partial charge on any atom is -0.336 e. The Kier molecular flexibility index (Phi) is 5.56. The lowest BCUT2D eigenvalue weighted by molar-refractivity contribution is 0.101. The molecule has 1 saturated carbocycles. The average Bonchev–Trinajstić information content (AvgIpc) is 2.52. The number of carbonyl (C=O) groups is 1. The van der Waals surface area contributed by atoms with E-state index in [-0.39, 0.29) is 11.6 Å². The minimum absolute atomic E-state index is 0.0985. The van der Waals surface area contributed by atoms with Crippen LogP contribution in [0.15, 0.2) is 24.5 Å². The zero-order valence-electron chi connectivity index (χ0n) is 13.1. The van der Waals surface area contributed by atoms with Gasteiger partial charge in [0.25, 0.3) is 0 Å². The lowest BCUT2D eigenvalue weighted by atomic mass is 9.80. The van der Waals surface area contributed by atoms with Crippen molar-refractivity contribution in [2.24, 2.45) is 0 Å². The standard InChI is InChI=1S/C16H26N4O/c1-20(2)16(8-4-3-5-9-16)13-19-15(21)18-12-14-6-10-17-11-7-14/h6-7,10-11H,3-5,8-9,12-13H2,1-2H3,(H2,18,19,21). The Morgan fingerprint density at radius 2 is 1.86 bits per heavy atom. The maximum Gasteiger partial charge on any atom is 0.315 e. The van der Waals surface area contributed by atoms with Crippen LogP contribution in [-0.2, 0) is 6.54 Å². The summed E-state index contributed by atoms with van der Waals surface area (Å²) in [6.07, 6.45) is 9.59. The fourth-order valence-electron chi connectivity index (χ4n) is 2.98. The van der Waals surface area contributed by atoms with E-state index >= 15 is 0 Å². The van der Waals surface area contributed by atoms with Gasteiger partial charge in [-0.1, -0.05) is 19.3 Å². The Labute approximate surface area is 127 Å². The molecule has 0 radical (unpaired) electrons. The Balaban J connectivity index is 1.79. The van der Waals surface area contributed by atoms with Crippen molar-refractivity contribution >= 4 is 6.03 Å². The van der Waals surface area contributed by atoms with Crippen molar-refractivity contribution in [3.8, 4) is 0 Å². The molecule has 2 N–H and O–H groups in total. The second kappa shape index (κ2) is 7.41. The summed E-state index contributed by atoms with van der Waals surface area (Å²) in [5.41, 5.74) is 1.17. The van der Waals surface area contributed by atoms with E-state index in [0.717, 1.165) is 18.4 Å². The average molecular weight is 290 g/mol. The monoisotopic (exact) mass is 290 g/mol. The molecule has 2 amide bonds. The molecule has 5 heteroatoms. The van der Waals surface area contributed by atoms with Crippen LogP contribution in [-0.4, -0.2) is 42.1 Å². The van der Waals surface area contributed by atoms with Gasteiger partial charge >= 0.3 is 6.03 Å². The smallest absolute Gasteiger partial charge is 0.315 e. The largest absolute Gasteiger partial charge is 0.336 e. The molecule has 1 fully saturated rings. The third-order valence-electron chi connectivity index (χ3n) is 4.51. The molecule has 5 nitrogen and oxygen atoms in total. The van der Waals surface area contributed by atoms with Crippen molar-refractivity contribution in [2.45, 2.75) is 44.2 Å². The van der Waals surface area contributed by atoms with Gasteiger partial charge in [0, 0.05) is 31.0 Å². The quantitative estimate of drug-likeness (QED) is 0.873. The molecule has 1 aliphatic carbocycles. The van der Waals surface area contributed by atoms with Crippen LogP contribution >= 0.6 is 0 Å². The summed E-state index contributed by atoms with van der Waals surface area (Å²) in [6.45, 7) is 1.24. The molecule has 1 aromatic rings. The molecule has 0 atom stereocenters. The van der Waals surface area contributed by atoms with E-state index in [1.807, 2.05) is 12.1 Å². The van der Waals surface area contributed by atoms with Crippen molar-refractivity contribution in [1.29, 1.82) is 0 Å². The molecule has 0 aliphatic heterocycles. The van der Waals surface area contributed by atoms with Gasteiger partial charge in [-0.2, -0.15) is 0 Å². The highest BCUT2D eigenvalue weighted by molar-refractivity contribution is 5.73. The van der Waals surface area contributed by atoms with Crippen LogP contribution in [0.2, 0.25) is 0 Å². The summed E-state index contributed by atoms with van der Waals surface area (Å²) >= 11 is 0. The number of likely N-dealkylation sites (N-methyl/N-ethyl adjacent to an activating group) is 1. The van der Waals surface area contributed by atoms with Gasteiger partial charge in [-0.3, -0.25) is 4.98 Å². The second-order valence-electron chi connectivity index (χ2n) is 6.07. The van der Waals surface area contributed by atoms with E-state index in [1.54, 1.807) is 12.4 Å². The van der Waals surface area contributed by atoms with Crippen LogP contribution in [0.3, 0.4) is 0 Å². The number of carbonyl (C=O) groups excluding carboxylic acids is 1. The highest BCUT2D eigenvalue weighted by Crippen LogP contribution is 2.31. The SMILES string of the molecule is CN(C)C1(CNC(=O)NCc2ccncc2)CCCCC1. The molecular weight excluding hydrogens is 264 g/mol. The Bertz CT molecular complexity index is 441. The molecule has 0 unspecified atom stereocenters. The van der Waals surface area contributed by atoms with Crippen molar-refractivity contribution in [3.63, 3.8) is 0 Å². The van der Waals surface area contributed by atoms with Crippen LogP contribution in [0.5, 0.6) is 0 Å². The van der Waals surface area contributed by atoms with Gasteiger partial charge in [0.05, 0.1) is 0 Å². The molecule has 0 saturated heterocycles. The number of nitrogens with one attached hydrogen (secondary N) is 2. The molecule has 0 aromatic carbocycles. The van der Waals surface area contributed by atoms with E-state index in [4.69, 9.17) is 0 Å². The minimum atomic E-state index is -0.0985. The Hall–Kier alpha value is -1.62. The maximum absolute atomic E-state index is 12.0. The zero-order valence-corrected chi connectivity index (χ0v) is 13.1. The van der Waals surface area contributed by atoms with Crippen molar-refractivity contribution < 1.29 is 4.79 Å². The number of urea groups is 1. The third kappa shape index (κ3) is 4.43. The van der Waals surface area contributed by atoms with E-state index in [2.05, 4.69) is 34.6 Å². The maximum atomic E-state index is 12.0. The zero-order chi connectivity index (χ0) is 15.1. The first-order valence-corrected chi connectivity index (χ1v) is 7.70. The Morgan fingerprint density at radius 3 is 2.48 bits per heavy atom. The number of hydrogen-bond donors (Lipinski definition) is 2. The highest BCUT2D eigenvalue weighted by Gasteiger charge is 2.34. The lowest BCUT2D eigenvalue weighted by Gasteiger charge is -2.43. The van der Waals surface area contributed by atoms with Crippen LogP contribution in [0, 0.1) is 0 Å². The van der Waals surface area contributed by atoms with Gasteiger partial charge in [0.1, 0.15) is 0 Å². The van der Waals surface area contributed by atoms with Gasteiger partial charge in [-0.05, 0) is 44.6 Å². The van der Waals surface area contributed by atoms with E-state index in [0.29, 0.717) is 13.1 Å². The molecule has 1 aliphatic rings. The predicted molar refractivity (Wildman–Crippen MR) is 84.0 cm³/mol. The van der Waals surface area contributed by atoms with Gasteiger partial charge in [-0.25, -0.2) is 4.79 Å². The third-order valence-corrected chi connectivity index (χ3v) is 4.51.